The van der Waals surface area contributed by atoms with Gasteiger partial charge in [-0.3, -0.25) is 4.79 Å². The van der Waals surface area contributed by atoms with Crippen LogP contribution in [0.5, 0.6) is 0 Å². The SMILES string of the molecule is COC(=O)C[C@H]1CC[C@H](COCc2ccccc2)O1. The lowest BCUT2D eigenvalue weighted by Gasteiger charge is -2.13. The van der Waals surface area contributed by atoms with Crippen molar-refractivity contribution in [1.29, 1.82) is 0 Å². The average Bonchev–Trinajstić information content (AvgIpc) is 2.87. The maximum absolute atomic E-state index is 11.1. The van der Waals surface area contributed by atoms with E-state index >= 15 is 0 Å². The summed E-state index contributed by atoms with van der Waals surface area (Å²) in [6.45, 7) is 1.18. The summed E-state index contributed by atoms with van der Waals surface area (Å²) in [5.74, 6) is -0.212. The van der Waals surface area contributed by atoms with E-state index in [0.717, 1.165) is 18.4 Å². The molecule has 1 aromatic carbocycles. The third-order valence-corrected chi connectivity index (χ3v) is 3.23. The Morgan fingerprint density at radius 3 is 2.74 bits per heavy atom. The minimum atomic E-state index is -0.212. The van der Waals surface area contributed by atoms with Gasteiger partial charge in [0.1, 0.15) is 0 Å². The van der Waals surface area contributed by atoms with E-state index in [1.807, 2.05) is 30.3 Å². The molecule has 0 amide bonds. The highest BCUT2D eigenvalue weighted by molar-refractivity contribution is 5.69. The van der Waals surface area contributed by atoms with Crippen LogP contribution in [0.2, 0.25) is 0 Å². The first-order valence-electron chi connectivity index (χ1n) is 6.62. The fraction of sp³-hybridized carbons (Fsp3) is 0.533. The van der Waals surface area contributed by atoms with Crippen molar-refractivity contribution in [3.8, 4) is 0 Å². The van der Waals surface area contributed by atoms with Gasteiger partial charge in [0.2, 0.25) is 0 Å². The second-order valence-electron chi connectivity index (χ2n) is 4.74. The number of esters is 1. The number of hydrogen-bond acceptors (Lipinski definition) is 4. The Morgan fingerprint density at radius 2 is 2.00 bits per heavy atom. The Kier molecular flexibility index (Phi) is 5.36. The molecule has 1 aromatic rings. The first kappa shape index (κ1) is 14.0. The van der Waals surface area contributed by atoms with E-state index in [1.54, 1.807) is 0 Å². The van der Waals surface area contributed by atoms with E-state index < -0.39 is 0 Å². The number of hydrogen-bond donors (Lipinski definition) is 0. The summed E-state index contributed by atoms with van der Waals surface area (Å²) < 4.78 is 16.0. The summed E-state index contributed by atoms with van der Waals surface area (Å²) >= 11 is 0. The maximum atomic E-state index is 11.1. The summed E-state index contributed by atoms with van der Waals surface area (Å²) in [4.78, 5) is 11.1. The minimum absolute atomic E-state index is 0.0159. The lowest BCUT2D eigenvalue weighted by Crippen LogP contribution is -2.19. The van der Waals surface area contributed by atoms with E-state index in [-0.39, 0.29) is 18.2 Å². The van der Waals surface area contributed by atoms with E-state index in [4.69, 9.17) is 9.47 Å². The summed E-state index contributed by atoms with van der Waals surface area (Å²) in [5, 5.41) is 0. The molecular weight excluding hydrogens is 244 g/mol. The Balaban J connectivity index is 1.64. The van der Waals surface area contributed by atoms with Gasteiger partial charge in [0, 0.05) is 0 Å². The van der Waals surface area contributed by atoms with Crippen molar-refractivity contribution in [2.45, 2.75) is 38.1 Å². The first-order chi connectivity index (χ1) is 9.28. The maximum Gasteiger partial charge on any atom is 0.308 e. The van der Waals surface area contributed by atoms with Crippen LogP contribution >= 0.6 is 0 Å². The van der Waals surface area contributed by atoms with Crippen LogP contribution < -0.4 is 0 Å². The normalized spacial score (nSPS) is 22.4. The van der Waals surface area contributed by atoms with E-state index in [2.05, 4.69) is 4.74 Å². The van der Waals surface area contributed by atoms with E-state index in [0.29, 0.717) is 19.6 Å². The van der Waals surface area contributed by atoms with Crippen LogP contribution in [0.4, 0.5) is 0 Å². The van der Waals surface area contributed by atoms with Crippen LogP contribution in [0.3, 0.4) is 0 Å². The smallest absolute Gasteiger partial charge is 0.308 e. The van der Waals surface area contributed by atoms with Gasteiger partial charge in [0.25, 0.3) is 0 Å². The number of carbonyl (C=O) groups is 1. The zero-order valence-electron chi connectivity index (χ0n) is 11.2. The van der Waals surface area contributed by atoms with Crippen LogP contribution in [0.15, 0.2) is 30.3 Å². The van der Waals surface area contributed by atoms with Gasteiger partial charge < -0.3 is 14.2 Å². The van der Waals surface area contributed by atoms with Crippen LogP contribution in [-0.2, 0) is 25.6 Å². The first-order valence-corrected chi connectivity index (χ1v) is 6.62. The topological polar surface area (TPSA) is 44.8 Å². The summed E-state index contributed by atoms with van der Waals surface area (Å²) in [6, 6.07) is 10.1. The van der Waals surface area contributed by atoms with Crippen molar-refractivity contribution in [3.63, 3.8) is 0 Å². The molecule has 1 fully saturated rings. The zero-order valence-corrected chi connectivity index (χ0v) is 11.2. The molecule has 0 aliphatic carbocycles. The molecule has 104 valence electrons. The van der Waals surface area contributed by atoms with Crippen LogP contribution in [0.1, 0.15) is 24.8 Å². The van der Waals surface area contributed by atoms with Gasteiger partial charge in [0.05, 0.1) is 39.0 Å². The molecule has 4 nitrogen and oxygen atoms in total. The Morgan fingerprint density at radius 1 is 1.26 bits per heavy atom. The Hall–Kier alpha value is -1.39. The van der Waals surface area contributed by atoms with Crippen molar-refractivity contribution >= 4 is 5.97 Å². The molecule has 2 rings (SSSR count). The van der Waals surface area contributed by atoms with Gasteiger partial charge in [-0.25, -0.2) is 0 Å². The fourth-order valence-electron chi connectivity index (χ4n) is 2.20. The number of ether oxygens (including phenoxy) is 3. The summed E-state index contributed by atoms with van der Waals surface area (Å²) in [7, 11) is 1.40. The fourth-order valence-corrected chi connectivity index (χ4v) is 2.20. The quantitative estimate of drug-likeness (QED) is 0.740. The number of rotatable bonds is 6. The van der Waals surface area contributed by atoms with Crippen molar-refractivity contribution in [2.24, 2.45) is 0 Å². The Labute approximate surface area is 113 Å². The van der Waals surface area contributed by atoms with Gasteiger partial charge in [-0.05, 0) is 18.4 Å². The molecule has 0 saturated carbocycles. The molecule has 0 aromatic heterocycles. The van der Waals surface area contributed by atoms with Crippen LogP contribution in [0, 0.1) is 0 Å². The van der Waals surface area contributed by atoms with Crippen molar-refractivity contribution in [2.75, 3.05) is 13.7 Å². The third-order valence-electron chi connectivity index (χ3n) is 3.23. The van der Waals surface area contributed by atoms with Gasteiger partial charge in [-0.2, -0.15) is 0 Å². The molecule has 2 atom stereocenters. The van der Waals surface area contributed by atoms with E-state index in [9.17, 15) is 4.79 Å². The molecule has 0 bridgehead atoms. The molecular formula is C15H20O4. The average molecular weight is 264 g/mol. The Bertz CT molecular complexity index is 390. The van der Waals surface area contributed by atoms with Gasteiger partial charge in [0.15, 0.2) is 0 Å². The lowest BCUT2D eigenvalue weighted by molar-refractivity contribution is -0.144. The van der Waals surface area contributed by atoms with Gasteiger partial charge in [-0.15, -0.1) is 0 Å². The summed E-state index contributed by atoms with van der Waals surface area (Å²) in [6.07, 6.45) is 2.26. The lowest BCUT2D eigenvalue weighted by atomic mass is 10.1. The monoisotopic (exact) mass is 264 g/mol. The molecule has 0 radical (unpaired) electrons. The highest BCUT2D eigenvalue weighted by atomic mass is 16.5. The predicted molar refractivity (Wildman–Crippen MR) is 70.6 cm³/mol. The predicted octanol–water partition coefficient (Wildman–Crippen LogP) is 2.31. The number of benzene rings is 1. The van der Waals surface area contributed by atoms with Crippen molar-refractivity contribution in [1.82, 2.24) is 0 Å². The van der Waals surface area contributed by atoms with Crippen molar-refractivity contribution < 1.29 is 19.0 Å². The minimum Gasteiger partial charge on any atom is -0.469 e. The second kappa shape index (κ2) is 7.26. The van der Waals surface area contributed by atoms with Crippen LogP contribution in [-0.4, -0.2) is 31.9 Å². The highest BCUT2D eigenvalue weighted by Crippen LogP contribution is 2.22. The standard InChI is InChI=1S/C15H20O4/c1-17-15(16)9-13-7-8-14(19-13)11-18-10-12-5-3-2-4-6-12/h2-6,13-14H,7-11H2,1H3/t13-,14-/m1/s1. The molecule has 4 heteroatoms. The molecule has 0 N–H and O–H groups in total. The molecule has 1 aliphatic rings. The van der Waals surface area contributed by atoms with Crippen LogP contribution in [0.25, 0.3) is 0 Å². The number of methoxy groups -OCH3 is 1. The van der Waals surface area contributed by atoms with Crippen molar-refractivity contribution in [3.05, 3.63) is 35.9 Å². The van der Waals surface area contributed by atoms with Gasteiger partial charge in [-0.1, -0.05) is 30.3 Å². The molecule has 0 unspecified atom stereocenters. The molecule has 1 heterocycles. The molecule has 19 heavy (non-hydrogen) atoms. The molecule has 1 saturated heterocycles. The second-order valence-corrected chi connectivity index (χ2v) is 4.74. The van der Waals surface area contributed by atoms with E-state index in [1.165, 1.54) is 7.11 Å². The van der Waals surface area contributed by atoms with Gasteiger partial charge >= 0.3 is 5.97 Å². The largest absolute Gasteiger partial charge is 0.469 e. The third kappa shape index (κ3) is 4.65. The number of carbonyl (C=O) groups excluding carboxylic acids is 1. The molecule has 1 aliphatic heterocycles. The zero-order chi connectivity index (χ0) is 13.5. The summed E-state index contributed by atoms with van der Waals surface area (Å²) in [5.41, 5.74) is 1.16. The molecule has 0 spiro atoms. The highest BCUT2D eigenvalue weighted by Gasteiger charge is 2.27.